The molecular formula is C18H17NO6. The molecule has 0 saturated carbocycles. The van der Waals surface area contributed by atoms with E-state index in [1.54, 1.807) is 18.2 Å². The molecule has 2 aromatic carbocycles. The predicted molar refractivity (Wildman–Crippen MR) is 90.3 cm³/mol. The summed E-state index contributed by atoms with van der Waals surface area (Å²) in [5.74, 6) is -1.94. The van der Waals surface area contributed by atoms with E-state index in [0.29, 0.717) is 0 Å². The van der Waals surface area contributed by atoms with Crippen molar-refractivity contribution in [3.63, 3.8) is 0 Å². The van der Waals surface area contributed by atoms with Crippen molar-refractivity contribution in [2.24, 2.45) is 5.92 Å². The highest BCUT2D eigenvalue weighted by Crippen LogP contribution is 2.33. The van der Waals surface area contributed by atoms with E-state index in [1.165, 1.54) is 12.1 Å². The maximum Gasteiger partial charge on any atom is 0.336 e. The van der Waals surface area contributed by atoms with Gasteiger partial charge in [0.25, 0.3) is 5.69 Å². The highest BCUT2D eigenvalue weighted by molar-refractivity contribution is 6.14. The third kappa shape index (κ3) is 4.20. The first-order valence-electron chi connectivity index (χ1n) is 7.59. The zero-order valence-corrected chi connectivity index (χ0v) is 13.8. The molecule has 0 spiro atoms. The lowest BCUT2D eigenvalue weighted by Gasteiger charge is -2.14. The Morgan fingerprint density at radius 1 is 1.16 bits per heavy atom. The van der Waals surface area contributed by atoms with E-state index in [2.05, 4.69) is 0 Å². The Morgan fingerprint density at radius 3 is 2.32 bits per heavy atom. The summed E-state index contributed by atoms with van der Waals surface area (Å²) in [5, 5.41) is 20.6. The number of ether oxygens (including phenoxy) is 1. The molecule has 0 heterocycles. The van der Waals surface area contributed by atoms with E-state index in [0.717, 1.165) is 12.1 Å². The quantitative estimate of drug-likeness (QED) is 0.468. The van der Waals surface area contributed by atoms with Crippen LogP contribution in [0.3, 0.4) is 0 Å². The number of carboxylic acid groups (broad SMARTS) is 1. The number of hydrogen-bond acceptors (Lipinski definition) is 5. The molecule has 0 atom stereocenters. The van der Waals surface area contributed by atoms with Crippen molar-refractivity contribution in [2.75, 3.05) is 6.61 Å². The van der Waals surface area contributed by atoms with Crippen molar-refractivity contribution in [3.8, 4) is 5.75 Å². The van der Waals surface area contributed by atoms with Gasteiger partial charge in [0, 0.05) is 11.6 Å². The molecule has 2 rings (SSSR count). The van der Waals surface area contributed by atoms with Gasteiger partial charge in [-0.05, 0) is 12.0 Å². The van der Waals surface area contributed by atoms with Gasteiger partial charge in [0.1, 0.15) is 11.3 Å². The number of benzene rings is 2. The van der Waals surface area contributed by atoms with Crippen LogP contribution in [0.2, 0.25) is 0 Å². The number of aromatic carboxylic acids is 1. The lowest BCUT2D eigenvalue weighted by Crippen LogP contribution is -2.13. The fraction of sp³-hybridized carbons (Fsp3) is 0.222. The second kappa shape index (κ2) is 7.57. The van der Waals surface area contributed by atoms with Gasteiger partial charge in [0.15, 0.2) is 0 Å². The second-order valence-electron chi connectivity index (χ2n) is 5.83. The molecule has 0 radical (unpaired) electrons. The van der Waals surface area contributed by atoms with Crippen LogP contribution in [0.1, 0.15) is 40.1 Å². The van der Waals surface area contributed by atoms with Crippen molar-refractivity contribution in [1.29, 1.82) is 0 Å². The van der Waals surface area contributed by atoms with E-state index < -0.39 is 22.4 Å². The van der Waals surface area contributed by atoms with Crippen LogP contribution in [0.5, 0.6) is 5.75 Å². The predicted octanol–water partition coefficient (Wildman–Crippen LogP) is 3.56. The maximum absolute atomic E-state index is 12.8. The van der Waals surface area contributed by atoms with Gasteiger partial charge >= 0.3 is 5.97 Å². The zero-order valence-electron chi connectivity index (χ0n) is 13.8. The van der Waals surface area contributed by atoms with E-state index in [-0.39, 0.29) is 35.0 Å². The summed E-state index contributed by atoms with van der Waals surface area (Å²) in [5.41, 5.74) is -0.896. The molecule has 0 unspecified atom stereocenters. The molecular weight excluding hydrogens is 326 g/mol. The number of ketones is 1. The molecule has 7 nitrogen and oxygen atoms in total. The van der Waals surface area contributed by atoms with Crippen molar-refractivity contribution < 1.29 is 24.4 Å². The average Bonchev–Trinajstić information content (AvgIpc) is 2.59. The first kappa shape index (κ1) is 18.1. The lowest BCUT2D eigenvalue weighted by molar-refractivity contribution is -0.385. The maximum atomic E-state index is 12.8. The Labute approximate surface area is 144 Å². The minimum Gasteiger partial charge on any atom is -0.492 e. The number of rotatable bonds is 7. The fourth-order valence-electron chi connectivity index (χ4n) is 2.20. The first-order chi connectivity index (χ1) is 11.8. The number of hydrogen-bond donors (Lipinski definition) is 1. The molecule has 0 aliphatic heterocycles. The number of nitrogens with zero attached hydrogens (tertiary/aromatic N) is 1. The summed E-state index contributed by atoms with van der Waals surface area (Å²) < 4.78 is 5.53. The average molecular weight is 343 g/mol. The van der Waals surface area contributed by atoms with Crippen LogP contribution in [0.4, 0.5) is 5.69 Å². The summed E-state index contributed by atoms with van der Waals surface area (Å²) in [4.78, 5) is 34.7. The van der Waals surface area contributed by atoms with E-state index in [4.69, 9.17) is 4.74 Å². The van der Waals surface area contributed by atoms with Crippen LogP contribution in [0.15, 0.2) is 42.5 Å². The van der Waals surface area contributed by atoms with Crippen molar-refractivity contribution >= 4 is 17.4 Å². The highest BCUT2D eigenvalue weighted by Gasteiger charge is 2.29. The number of carbonyl (C=O) groups is 2. The number of carbonyl (C=O) groups excluding carboxylic acids is 1. The highest BCUT2D eigenvalue weighted by atomic mass is 16.6. The van der Waals surface area contributed by atoms with Gasteiger partial charge in [0.2, 0.25) is 5.78 Å². The van der Waals surface area contributed by atoms with Gasteiger partial charge in [-0.15, -0.1) is 0 Å². The topological polar surface area (TPSA) is 107 Å². The van der Waals surface area contributed by atoms with Gasteiger partial charge in [-0.25, -0.2) is 4.79 Å². The van der Waals surface area contributed by atoms with Crippen molar-refractivity contribution in [2.45, 2.75) is 13.8 Å². The molecule has 0 aliphatic rings. The molecule has 0 aromatic heterocycles. The molecule has 2 aromatic rings. The second-order valence-corrected chi connectivity index (χ2v) is 5.83. The third-order valence-electron chi connectivity index (χ3n) is 3.36. The van der Waals surface area contributed by atoms with Gasteiger partial charge < -0.3 is 9.84 Å². The van der Waals surface area contributed by atoms with Crippen molar-refractivity contribution in [1.82, 2.24) is 0 Å². The van der Waals surface area contributed by atoms with Crippen LogP contribution in [0.25, 0.3) is 0 Å². The Morgan fingerprint density at radius 2 is 1.80 bits per heavy atom. The Kier molecular flexibility index (Phi) is 5.49. The van der Waals surface area contributed by atoms with E-state index in [9.17, 15) is 24.8 Å². The lowest BCUT2D eigenvalue weighted by atomic mass is 9.98. The third-order valence-corrected chi connectivity index (χ3v) is 3.36. The largest absolute Gasteiger partial charge is 0.492 e. The van der Waals surface area contributed by atoms with Crippen LogP contribution in [0, 0.1) is 16.0 Å². The summed E-state index contributed by atoms with van der Waals surface area (Å²) in [7, 11) is 0. The molecule has 0 fully saturated rings. The van der Waals surface area contributed by atoms with Gasteiger partial charge in [-0.3, -0.25) is 14.9 Å². The molecule has 0 aliphatic carbocycles. The number of carboxylic acids is 1. The van der Waals surface area contributed by atoms with Gasteiger partial charge in [0.05, 0.1) is 17.1 Å². The molecule has 1 N–H and O–H groups in total. The fourth-order valence-corrected chi connectivity index (χ4v) is 2.20. The Bertz CT molecular complexity index is 814. The van der Waals surface area contributed by atoms with Crippen LogP contribution in [-0.4, -0.2) is 28.4 Å². The van der Waals surface area contributed by atoms with Crippen LogP contribution < -0.4 is 4.74 Å². The van der Waals surface area contributed by atoms with Gasteiger partial charge in [-0.1, -0.05) is 44.2 Å². The zero-order chi connectivity index (χ0) is 18.6. The minimum atomic E-state index is -1.34. The standard InChI is InChI=1S/C18H17NO6/c1-11(2)10-25-15-9-13(18(21)22)8-14(19(23)24)16(15)17(20)12-6-4-3-5-7-12/h3-9,11H,10H2,1-2H3,(H,21,22). The molecule has 25 heavy (non-hydrogen) atoms. The summed E-state index contributed by atoms with van der Waals surface area (Å²) >= 11 is 0. The van der Waals surface area contributed by atoms with E-state index >= 15 is 0 Å². The number of nitro benzene ring substituents is 1. The smallest absolute Gasteiger partial charge is 0.336 e. The summed E-state index contributed by atoms with van der Waals surface area (Å²) in [6.07, 6.45) is 0. The number of nitro groups is 1. The molecule has 0 saturated heterocycles. The molecule has 0 bridgehead atoms. The van der Waals surface area contributed by atoms with Gasteiger partial charge in [-0.2, -0.15) is 0 Å². The Hall–Kier alpha value is -3.22. The first-order valence-corrected chi connectivity index (χ1v) is 7.59. The monoisotopic (exact) mass is 343 g/mol. The molecule has 7 heteroatoms. The minimum absolute atomic E-state index is 0.0900. The Balaban J connectivity index is 2.66. The summed E-state index contributed by atoms with van der Waals surface area (Å²) in [6.45, 7) is 3.93. The van der Waals surface area contributed by atoms with E-state index in [1.807, 2.05) is 13.8 Å². The van der Waals surface area contributed by atoms with Crippen LogP contribution in [-0.2, 0) is 0 Å². The summed E-state index contributed by atoms with van der Waals surface area (Å²) in [6, 6.07) is 10.1. The normalized spacial score (nSPS) is 10.5. The molecule has 130 valence electrons. The van der Waals surface area contributed by atoms with Crippen LogP contribution >= 0.6 is 0 Å². The van der Waals surface area contributed by atoms with Crippen molar-refractivity contribution in [3.05, 3.63) is 69.3 Å². The SMILES string of the molecule is CC(C)COc1cc(C(=O)O)cc([N+](=O)[O-])c1C(=O)c1ccccc1. The molecule has 0 amide bonds.